The lowest BCUT2D eigenvalue weighted by atomic mass is 9.82. The Morgan fingerprint density at radius 2 is 1.91 bits per heavy atom. The average Bonchev–Trinajstić information content (AvgIpc) is 3.13. The molecule has 0 saturated heterocycles. The second-order valence-electron chi connectivity index (χ2n) is 8.20. The lowest BCUT2D eigenvalue weighted by Crippen LogP contribution is -2.09. The Morgan fingerprint density at radius 3 is 2.62 bits per heavy atom. The molecule has 2 heterocycles. The van der Waals surface area contributed by atoms with Crippen molar-refractivity contribution in [2.45, 2.75) is 58.1 Å². The number of fused-ring (bicyclic) bond motifs is 1. The quantitative estimate of drug-likeness (QED) is 0.279. The van der Waals surface area contributed by atoms with E-state index in [0.29, 0.717) is 24.8 Å². The number of nitrogens with zero attached hydrogens (tertiary/aromatic N) is 2. The number of hydrogen-bond acceptors (Lipinski definition) is 6. The minimum absolute atomic E-state index is 0.0113. The van der Waals surface area contributed by atoms with Crippen molar-refractivity contribution in [2.24, 2.45) is 0 Å². The Morgan fingerprint density at radius 1 is 1.09 bits per heavy atom. The van der Waals surface area contributed by atoms with Gasteiger partial charge < -0.3 is 19.5 Å². The van der Waals surface area contributed by atoms with Gasteiger partial charge in [0, 0.05) is 23.6 Å². The van der Waals surface area contributed by atoms with Crippen molar-refractivity contribution in [3.8, 4) is 22.8 Å². The van der Waals surface area contributed by atoms with Crippen LogP contribution in [0.3, 0.4) is 0 Å². The molecule has 0 bridgehead atoms. The molecule has 0 amide bonds. The fourth-order valence-electron chi connectivity index (χ4n) is 4.84. The van der Waals surface area contributed by atoms with Gasteiger partial charge in [-0.25, -0.2) is 14.8 Å². The fraction of sp³-hybridized carbons (Fsp3) is 0.480. The standard InChI is InChI=1S/C25H32N2O5/c1-3-31-32-16-18-9-11-21-23(17-7-5-4-6-8-17)24(27(13-14-28)25(21)26-18)20-12-10-19(29)15-22(20)30-2/h9-12,15,17,28-29H,3-8,13-14,16H2,1-2H3. The van der Waals surface area contributed by atoms with E-state index in [1.807, 2.05) is 19.1 Å². The van der Waals surface area contributed by atoms with E-state index in [1.54, 1.807) is 19.2 Å². The number of phenols is 1. The summed E-state index contributed by atoms with van der Waals surface area (Å²) in [5.41, 5.74) is 4.74. The van der Waals surface area contributed by atoms with Gasteiger partial charge in [0.25, 0.3) is 0 Å². The van der Waals surface area contributed by atoms with Gasteiger partial charge in [-0.05, 0) is 55.5 Å². The molecule has 7 heteroatoms. The Bertz CT molecular complexity index is 1060. The summed E-state index contributed by atoms with van der Waals surface area (Å²) in [4.78, 5) is 15.2. The number of aromatic hydroxyl groups is 1. The molecule has 1 aromatic carbocycles. The van der Waals surface area contributed by atoms with E-state index in [1.165, 1.54) is 24.8 Å². The van der Waals surface area contributed by atoms with Crippen molar-refractivity contribution in [3.05, 3.63) is 41.6 Å². The van der Waals surface area contributed by atoms with Crippen LogP contribution in [-0.2, 0) is 22.9 Å². The third-order valence-electron chi connectivity index (χ3n) is 6.19. The second-order valence-corrected chi connectivity index (χ2v) is 8.20. The molecule has 4 rings (SSSR count). The van der Waals surface area contributed by atoms with Gasteiger partial charge in [0.2, 0.25) is 0 Å². The minimum atomic E-state index is -0.0113. The Kier molecular flexibility index (Phi) is 7.29. The minimum Gasteiger partial charge on any atom is -0.508 e. The first-order chi connectivity index (χ1) is 15.7. The van der Waals surface area contributed by atoms with Crippen LogP contribution in [0.25, 0.3) is 22.3 Å². The summed E-state index contributed by atoms with van der Waals surface area (Å²) in [6.07, 6.45) is 5.93. The molecule has 0 aliphatic heterocycles. The van der Waals surface area contributed by atoms with Crippen LogP contribution in [0.15, 0.2) is 30.3 Å². The smallest absolute Gasteiger partial charge is 0.141 e. The van der Waals surface area contributed by atoms with Gasteiger partial charge in [0.15, 0.2) is 0 Å². The summed E-state index contributed by atoms with van der Waals surface area (Å²) < 4.78 is 7.73. The van der Waals surface area contributed by atoms with Gasteiger partial charge in [0.1, 0.15) is 23.8 Å². The Balaban J connectivity index is 1.95. The maximum atomic E-state index is 10.0. The van der Waals surface area contributed by atoms with Crippen LogP contribution >= 0.6 is 0 Å². The van der Waals surface area contributed by atoms with Gasteiger partial charge in [-0.2, -0.15) is 0 Å². The highest BCUT2D eigenvalue weighted by Crippen LogP contribution is 2.46. The van der Waals surface area contributed by atoms with Crippen LogP contribution in [0.4, 0.5) is 0 Å². The van der Waals surface area contributed by atoms with Crippen molar-refractivity contribution in [2.75, 3.05) is 20.3 Å². The second kappa shape index (κ2) is 10.3. The molecule has 1 fully saturated rings. The van der Waals surface area contributed by atoms with Gasteiger partial charge in [0.05, 0.1) is 31.7 Å². The van der Waals surface area contributed by atoms with E-state index in [4.69, 9.17) is 19.5 Å². The molecule has 0 radical (unpaired) electrons. The molecule has 32 heavy (non-hydrogen) atoms. The molecule has 172 valence electrons. The van der Waals surface area contributed by atoms with Crippen LogP contribution in [0.1, 0.15) is 56.2 Å². The average molecular weight is 441 g/mol. The van der Waals surface area contributed by atoms with Crippen LogP contribution in [0, 0.1) is 0 Å². The normalized spacial score (nSPS) is 14.8. The van der Waals surface area contributed by atoms with Crippen molar-refractivity contribution in [1.29, 1.82) is 0 Å². The number of pyridine rings is 1. The Hall–Kier alpha value is -2.61. The molecule has 2 aromatic heterocycles. The molecule has 1 saturated carbocycles. The number of benzene rings is 1. The first-order valence-corrected chi connectivity index (χ1v) is 11.4. The molecule has 1 aliphatic rings. The largest absolute Gasteiger partial charge is 0.508 e. The summed E-state index contributed by atoms with van der Waals surface area (Å²) in [6.45, 7) is 3.00. The lowest BCUT2D eigenvalue weighted by molar-refractivity contribution is -0.301. The van der Waals surface area contributed by atoms with Crippen LogP contribution in [0.5, 0.6) is 11.5 Å². The summed E-state index contributed by atoms with van der Waals surface area (Å²) in [6, 6.07) is 9.30. The topological polar surface area (TPSA) is 86.0 Å². The fourth-order valence-corrected chi connectivity index (χ4v) is 4.84. The van der Waals surface area contributed by atoms with Crippen molar-refractivity contribution >= 4 is 11.0 Å². The van der Waals surface area contributed by atoms with E-state index in [9.17, 15) is 10.2 Å². The number of aliphatic hydroxyl groups excluding tert-OH is 1. The molecule has 0 unspecified atom stereocenters. The van der Waals surface area contributed by atoms with Crippen molar-refractivity contribution in [1.82, 2.24) is 9.55 Å². The van der Waals surface area contributed by atoms with E-state index in [2.05, 4.69) is 10.6 Å². The highest BCUT2D eigenvalue weighted by molar-refractivity contribution is 5.92. The third kappa shape index (κ3) is 4.46. The molecule has 7 nitrogen and oxygen atoms in total. The zero-order chi connectivity index (χ0) is 22.5. The molecule has 0 atom stereocenters. The van der Waals surface area contributed by atoms with E-state index < -0.39 is 0 Å². The molecule has 0 spiro atoms. The zero-order valence-electron chi connectivity index (χ0n) is 18.8. The number of aliphatic hydroxyl groups is 1. The highest BCUT2D eigenvalue weighted by Gasteiger charge is 2.28. The first kappa shape index (κ1) is 22.6. The van der Waals surface area contributed by atoms with Gasteiger partial charge in [-0.15, -0.1) is 0 Å². The molecule has 1 aliphatic carbocycles. The van der Waals surface area contributed by atoms with E-state index >= 15 is 0 Å². The van der Waals surface area contributed by atoms with Crippen molar-refractivity contribution in [3.63, 3.8) is 0 Å². The summed E-state index contributed by atoms with van der Waals surface area (Å²) in [7, 11) is 1.61. The first-order valence-electron chi connectivity index (χ1n) is 11.4. The summed E-state index contributed by atoms with van der Waals surface area (Å²) in [5.74, 6) is 1.17. The highest BCUT2D eigenvalue weighted by atomic mass is 17.2. The lowest BCUT2D eigenvalue weighted by Gasteiger charge is -2.24. The van der Waals surface area contributed by atoms with Gasteiger partial charge in [-0.3, -0.25) is 0 Å². The summed E-state index contributed by atoms with van der Waals surface area (Å²) in [5, 5.41) is 21.0. The van der Waals surface area contributed by atoms with Crippen LogP contribution in [-0.4, -0.2) is 40.1 Å². The van der Waals surface area contributed by atoms with Crippen molar-refractivity contribution < 1.29 is 24.7 Å². The van der Waals surface area contributed by atoms with E-state index in [-0.39, 0.29) is 19.0 Å². The van der Waals surface area contributed by atoms with E-state index in [0.717, 1.165) is 40.8 Å². The SMILES string of the molecule is CCOOCc1ccc2c(C3CCCCC3)c(-c3ccc(O)cc3OC)n(CCO)c2n1. The molecular weight excluding hydrogens is 408 g/mol. The number of phenolic OH excluding ortho intramolecular Hbond substituents is 1. The maximum absolute atomic E-state index is 10.0. The number of ether oxygens (including phenoxy) is 1. The maximum Gasteiger partial charge on any atom is 0.141 e. The Labute approximate surface area is 188 Å². The number of aromatic nitrogens is 2. The zero-order valence-corrected chi connectivity index (χ0v) is 18.8. The number of hydrogen-bond donors (Lipinski definition) is 2. The number of rotatable bonds is 9. The van der Waals surface area contributed by atoms with Gasteiger partial charge in [-0.1, -0.05) is 19.3 Å². The van der Waals surface area contributed by atoms with Crippen LogP contribution in [0.2, 0.25) is 0 Å². The summed E-state index contributed by atoms with van der Waals surface area (Å²) >= 11 is 0. The van der Waals surface area contributed by atoms with Crippen LogP contribution < -0.4 is 4.74 Å². The third-order valence-corrected chi connectivity index (χ3v) is 6.19. The molecule has 3 aromatic rings. The predicted molar refractivity (Wildman–Crippen MR) is 123 cm³/mol. The molecular formula is C25H32N2O5. The monoisotopic (exact) mass is 440 g/mol. The molecule has 2 N–H and O–H groups in total. The van der Waals surface area contributed by atoms with Gasteiger partial charge >= 0.3 is 0 Å². The number of methoxy groups -OCH3 is 1. The predicted octanol–water partition coefficient (Wildman–Crippen LogP) is 4.93.